The molecule has 7 heteroatoms. The summed E-state index contributed by atoms with van der Waals surface area (Å²) >= 11 is -1.03. The Bertz CT molecular complexity index is 965. The molecule has 158 valence electrons. The van der Waals surface area contributed by atoms with Gasteiger partial charge in [-0.3, -0.25) is 0 Å². The molecule has 3 rings (SSSR count). The van der Waals surface area contributed by atoms with Crippen molar-refractivity contribution in [3.63, 3.8) is 0 Å². The highest BCUT2D eigenvalue weighted by molar-refractivity contribution is 7.90. The molecule has 0 saturated carbocycles. The highest BCUT2D eigenvalue weighted by Gasteiger charge is 2.21. The molecule has 6 nitrogen and oxygen atoms in total. The summed E-state index contributed by atoms with van der Waals surface area (Å²) in [5.41, 5.74) is 3.24. The monoisotopic (exact) mass is 424 g/mol. The number of rotatable bonds is 7. The molecular weight excluding hydrogens is 396 g/mol. The van der Waals surface area contributed by atoms with E-state index in [-0.39, 0.29) is 12.1 Å². The zero-order valence-corrected chi connectivity index (χ0v) is 19.1. The van der Waals surface area contributed by atoms with E-state index in [2.05, 4.69) is 42.8 Å². The Morgan fingerprint density at radius 2 is 1.37 bits per heavy atom. The molecule has 3 aromatic rings. The maximum Gasteiger partial charge on any atom is 0.246 e. The first-order valence-corrected chi connectivity index (χ1v) is 11.5. The van der Waals surface area contributed by atoms with Crippen molar-refractivity contribution in [1.82, 2.24) is 15.2 Å². The van der Waals surface area contributed by atoms with Gasteiger partial charge in [-0.15, -0.1) is 10.2 Å². The van der Waals surface area contributed by atoms with Crippen LogP contribution in [0.15, 0.2) is 53.4 Å². The highest BCUT2D eigenvalue weighted by atomic mass is 32.2. The Balaban J connectivity index is 2.16. The number of nitrogens with zero attached hydrogens (tertiary/aromatic N) is 4. The van der Waals surface area contributed by atoms with Crippen LogP contribution in [0.4, 0.5) is 5.95 Å². The van der Waals surface area contributed by atoms with Crippen LogP contribution >= 0.6 is 0 Å². The van der Waals surface area contributed by atoms with E-state index in [1.807, 2.05) is 48.5 Å². The summed E-state index contributed by atoms with van der Waals surface area (Å²) in [5.74, 6) is 1.37. The lowest BCUT2D eigenvalue weighted by molar-refractivity contribution is 0.415. The van der Waals surface area contributed by atoms with Crippen LogP contribution in [0.2, 0.25) is 0 Å². The first kappa shape index (κ1) is 22.1. The molecule has 2 aromatic carbocycles. The molecule has 0 radical (unpaired) electrons. The van der Waals surface area contributed by atoms with Gasteiger partial charge in [0.1, 0.15) is 23.4 Å². The fraction of sp³-hybridized carbons (Fsp3) is 0.348. The Labute approximate surface area is 181 Å². The SMILES string of the molecule is COc1ccc(-c2nnc(N(C(C)C)C(C)C)nc2-c2ccc([S+](C)[O-])cc2)cc1. The van der Waals surface area contributed by atoms with Crippen LogP contribution in [0.5, 0.6) is 5.75 Å². The third-order valence-electron chi connectivity index (χ3n) is 4.84. The van der Waals surface area contributed by atoms with Gasteiger partial charge >= 0.3 is 0 Å². The summed E-state index contributed by atoms with van der Waals surface area (Å²) in [7, 11) is 1.64. The molecule has 1 unspecified atom stereocenters. The number of ether oxygens (including phenoxy) is 1. The lowest BCUT2D eigenvalue weighted by atomic mass is 10.0. The predicted octanol–water partition coefficient (Wildman–Crippen LogP) is 4.57. The molecule has 1 aromatic heterocycles. The first-order valence-electron chi connectivity index (χ1n) is 9.93. The van der Waals surface area contributed by atoms with Crippen LogP contribution in [-0.4, -0.2) is 45.2 Å². The van der Waals surface area contributed by atoms with Crippen LogP contribution in [0.3, 0.4) is 0 Å². The van der Waals surface area contributed by atoms with E-state index in [1.165, 1.54) is 0 Å². The summed E-state index contributed by atoms with van der Waals surface area (Å²) < 4.78 is 17.1. The number of anilines is 1. The number of benzene rings is 2. The molecule has 0 aliphatic rings. The Morgan fingerprint density at radius 1 is 0.833 bits per heavy atom. The van der Waals surface area contributed by atoms with Crippen molar-refractivity contribution in [1.29, 1.82) is 0 Å². The second-order valence-corrected chi connectivity index (χ2v) is 8.99. The van der Waals surface area contributed by atoms with Crippen molar-refractivity contribution < 1.29 is 9.29 Å². The van der Waals surface area contributed by atoms with Gasteiger partial charge in [0, 0.05) is 23.2 Å². The molecule has 0 aliphatic carbocycles. The van der Waals surface area contributed by atoms with Crippen LogP contribution in [0, 0.1) is 0 Å². The lowest BCUT2D eigenvalue weighted by Crippen LogP contribution is -2.38. The van der Waals surface area contributed by atoms with Gasteiger partial charge in [-0.05, 0) is 87.4 Å². The third kappa shape index (κ3) is 4.74. The topological polar surface area (TPSA) is 74.2 Å². The Hall–Kier alpha value is -2.64. The Morgan fingerprint density at radius 3 is 1.87 bits per heavy atom. The normalized spacial score (nSPS) is 12.3. The summed E-state index contributed by atoms with van der Waals surface area (Å²) in [6.07, 6.45) is 1.67. The predicted molar refractivity (Wildman–Crippen MR) is 122 cm³/mol. The Kier molecular flexibility index (Phi) is 6.95. The van der Waals surface area contributed by atoms with E-state index >= 15 is 0 Å². The summed E-state index contributed by atoms with van der Waals surface area (Å²) in [4.78, 5) is 7.84. The smallest absolute Gasteiger partial charge is 0.246 e. The number of hydrogen-bond acceptors (Lipinski definition) is 6. The zero-order chi connectivity index (χ0) is 21.8. The molecule has 1 heterocycles. The average Bonchev–Trinajstić information content (AvgIpc) is 2.73. The largest absolute Gasteiger partial charge is 0.612 e. The van der Waals surface area contributed by atoms with Crippen molar-refractivity contribution in [2.75, 3.05) is 18.3 Å². The third-order valence-corrected chi connectivity index (χ3v) is 5.78. The zero-order valence-electron chi connectivity index (χ0n) is 18.3. The maximum atomic E-state index is 11.8. The minimum absolute atomic E-state index is 0.233. The number of methoxy groups -OCH3 is 1. The highest BCUT2D eigenvalue weighted by Crippen LogP contribution is 2.32. The molecule has 0 aliphatic heterocycles. The molecule has 1 atom stereocenters. The molecule has 0 fully saturated rings. The van der Waals surface area contributed by atoms with Crippen molar-refractivity contribution in [2.24, 2.45) is 0 Å². The summed E-state index contributed by atoms with van der Waals surface area (Å²) in [6, 6.07) is 15.8. The van der Waals surface area contributed by atoms with Gasteiger partial charge in [-0.1, -0.05) is 0 Å². The minimum atomic E-state index is -1.03. The van der Waals surface area contributed by atoms with Crippen LogP contribution in [0.1, 0.15) is 27.7 Å². The maximum absolute atomic E-state index is 11.8. The average molecular weight is 425 g/mol. The molecule has 0 amide bonds. The summed E-state index contributed by atoms with van der Waals surface area (Å²) in [5, 5.41) is 9.03. The number of hydrogen-bond donors (Lipinski definition) is 0. The van der Waals surface area contributed by atoms with Gasteiger partial charge in [0.15, 0.2) is 4.90 Å². The van der Waals surface area contributed by atoms with E-state index in [0.29, 0.717) is 11.6 Å². The standard InChI is InChI=1S/C23H28N4O2S/c1-15(2)27(16(3)4)23-24-21(17-9-13-20(14-10-17)30(6)28)22(25-26-23)18-7-11-19(29-5)12-8-18/h7-16H,1-6H3. The van der Waals surface area contributed by atoms with Crippen molar-refractivity contribution in [3.05, 3.63) is 48.5 Å². The second-order valence-electron chi connectivity index (χ2n) is 7.61. The second kappa shape index (κ2) is 9.45. The fourth-order valence-electron chi connectivity index (χ4n) is 3.43. The van der Waals surface area contributed by atoms with Gasteiger partial charge in [0.05, 0.1) is 7.11 Å². The quantitative estimate of drug-likeness (QED) is 0.517. The van der Waals surface area contributed by atoms with E-state index < -0.39 is 11.2 Å². The van der Waals surface area contributed by atoms with Gasteiger partial charge < -0.3 is 14.2 Å². The van der Waals surface area contributed by atoms with Crippen molar-refractivity contribution in [3.8, 4) is 28.3 Å². The summed E-state index contributed by atoms with van der Waals surface area (Å²) in [6.45, 7) is 8.47. The van der Waals surface area contributed by atoms with E-state index in [9.17, 15) is 4.55 Å². The number of aromatic nitrogens is 3. The molecular formula is C23H28N4O2S. The van der Waals surface area contributed by atoms with Gasteiger partial charge in [0.2, 0.25) is 5.95 Å². The molecule has 0 saturated heterocycles. The van der Waals surface area contributed by atoms with Crippen LogP contribution < -0.4 is 9.64 Å². The molecule has 0 spiro atoms. The first-order chi connectivity index (χ1) is 14.3. The fourth-order valence-corrected chi connectivity index (χ4v) is 3.95. The van der Waals surface area contributed by atoms with Gasteiger partial charge in [0.25, 0.3) is 0 Å². The van der Waals surface area contributed by atoms with Crippen LogP contribution in [0.25, 0.3) is 22.5 Å². The van der Waals surface area contributed by atoms with E-state index in [1.54, 1.807) is 13.4 Å². The van der Waals surface area contributed by atoms with E-state index in [4.69, 9.17) is 9.72 Å². The van der Waals surface area contributed by atoms with Gasteiger partial charge in [-0.25, -0.2) is 4.98 Å². The van der Waals surface area contributed by atoms with Crippen molar-refractivity contribution in [2.45, 2.75) is 44.7 Å². The van der Waals surface area contributed by atoms with Crippen molar-refractivity contribution >= 4 is 17.1 Å². The molecule has 0 N–H and O–H groups in total. The molecule has 0 bridgehead atoms. The minimum Gasteiger partial charge on any atom is -0.612 e. The van der Waals surface area contributed by atoms with E-state index in [0.717, 1.165) is 27.5 Å². The van der Waals surface area contributed by atoms with Gasteiger partial charge in [-0.2, -0.15) is 0 Å². The molecule has 30 heavy (non-hydrogen) atoms. The lowest BCUT2D eigenvalue weighted by Gasteiger charge is -2.30. The van der Waals surface area contributed by atoms with Crippen LogP contribution in [-0.2, 0) is 11.2 Å².